The van der Waals surface area contributed by atoms with E-state index in [9.17, 15) is 18.0 Å². The number of rotatable bonds is 7. The summed E-state index contributed by atoms with van der Waals surface area (Å²) in [5, 5.41) is 5.01. The van der Waals surface area contributed by atoms with E-state index in [1.807, 2.05) is 0 Å². The first-order valence-electron chi connectivity index (χ1n) is 6.43. The molecule has 0 bridgehead atoms. The van der Waals surface area contributed by atoms with Crippen molar-refractivity contribution in [2.45, 2.75) is 12.6 Å². The number of nitrogens with one attached hydrogen (secondary N) is 2. The van der Waals surface area contributed by atoms with Crippen LogP contribution in [-0.4, -0.2) is 32.3 Å². The van der Waals surface area contributed by atoms with E-state index >= 15 is 0 Å². The Kier molecular flexibility index (Phi) is 6.97. The molecule has 1 aromatic rings. The first-order chi connectivity index (χ1) is 9.93. The van der Waals surface area contributed by atoms with Gasteiger partial charge in [0.25, 0.3) is 0 Å². The minimum atomic E-state index is -4.38. The fraction of sp³-hybridized carbons (Fsp3) is 0.462. The molecule has 0 radical (unpaired) electrons. The lowest BCUT2D eigenvalue weighted by Crippen LogP contribution is -2.30. The molecular formula is C13H18F3N3O2. The summed E-state index contributed by atoms with van der Waals surface area (Å²) in [7, 11) is 0. The van der Waals surface area contributed by atoms with E-state index in [2.05, 4.69) is 10.6 Å². The summed E-state index contributed by atoms with van der Waals surface area (Å²) in [6.45, 7) is 1.80. The van der Waals surface area contributed by atoms with Gasteiger partial charge in [-0.25, -0.2) is 4.79 Å². The number of amides is 2. The predicted octanol–water partition coefficient (Wildman–Crippen LogP) is 2.19. The number of nitrogens with two attached hydrogens (primary N) is 1. The van der Waals surface area contributed by atoms with Crippen molar-refractivity contribution in [3.8, 4) is 0 Å². The molecule has 4 N–H and O–H groups in total. The largest absolute Gasteiger partial charge is 0.416 e. The third kappa shape index (κ3) is 6.96. The van der Waals surface area contributed by atoms with Crippen molar-refractivity contribution in [3.63, 3.8) is 0 Å². The fourth-order valence-electron chi connectivity index (χ4n) is 1.48. The van der Waals surface area contributed by atoms with Gasteiger partial charge in [0.1, 0.15) is 0 Å². The molecule has 1 aromatic carbocycles. The summed E-state index contributed by atoms with van der Waals surface area (Å²) >= 11 is 0. The van der Waals surface area contributed by atoms with E-state index in [0.717, 1.165) is 12.1 Å². The number of benzene rings is 1. The van der Waals surface area contributed by atoms with Crippen LogP contribution in [0.25, 0.3) is 0 Å². The van der Waals surface area contributed by atoms with Crippen molar-refractivity contribution in [2.75, 3.05) is 31.6 Å². The number of anilines is 1. The van der Waals surface area contributed by atoms with Gasteiger partial charge < -0.3 is 21.1 Å². The third-order valence-corrected chi connectivity index (χ3v) is 2.48. The number of ether oxygens (including phenoxy) is 1. The summed E-state index contributed by atoms with van der Waals surface area (Å²) in [6, 6.07) is 3.75. The second-order valence-electron chi connectivity index (χ2n) is 4.21. The average molecular weight is 305 g/mol. The lowest BCUT2D eigenvalue weighted by atomic mass is 10.2. The predicted molar refractivity (Wildman–Crippen MR) is 73.0 cm³/mol. The average Bonchev–Trinajstić information content (AvgIpc) is 2.42. The van der Waals surface area contributed by atoms with Crippen molar-refractivity contribution >= 4 is 11.7 Å². The third-order valence-electron chi connectivity index (χ3n) is 2.48. The highest BCUT2D eigenvalue weighted by molar-refractivity contribution is 5.89. The molecule has 0 aliphatic heterocycles. The number of urea groups is 1. The number of carbonyl (C=O) groups is 1. The maximum atomic E-state index is 12.4. The van der Waals surface area contributed by atoms with Crippen LogP contribution in [0.3, 0.4) is 0 Å². The van der Waals surface area contributed by atoms with Crippen LogP contribution in [0.4, 0.5) is 23.7 Å². The van der Waals surface area contributed by atoms with Gasteiger partial charge in [-0.05, 0) is 30.7 Å². The zero-order valence-corrected chi connectivity index (χ0v) is 11.4. The monoisotopic (exact) mass is 305 g/mol. The summed E-state index contributed by atoms with van der Waals surface area (Å²) in [6.07, 6.45) is -3.76. The van der Waals surface area contributed by atoms with Gasteiger partial charge >= 0.3 is 12.2 Å². The van der Waals surface area contributed by atoms with Gasteiger partial charge in [-0.1, -0.05) is 0 Å². The van der Waals surface area contributed by atoms with Crippen LogP contribution >= 0.6 is 0 Å². The molecule has 0 aliphatic rings. The Balaban J connectivity index is 2.28. The first kappa shape index (κ1) is 17.3. The molecule has 118 valence electrons. The zero-order chi connectivity index (χ0) is 15.7. The zero-order valence-electron chi connectivity index (χ0n) is 11.4. The fourth-order valence-corrected chi connectivity index (χ4v) is 1.48. The van der Waals surface area contributed by atoms with Crippen molar-refractivity contribution in [2.24, 2.45) is 5.73 Å². The maximum Gasteiger partial charge on any atom is 0.416 e. The molecule has 0 aromatic heterocycles. The van der Waals surface area contributed by atoms with E-state index in [-0.39, 0.29) is 0 Å². The Hall–Kier alpha value is -1.80. The lowest BCUT2D eigenvalue weighted by Gasteiger charge is -2.10. The molecule has 1 rings (SSSR count). The first-order valence-corrected chi connectivity index (χ1v) is 6.43. The summed E-state index contributed by atoms with van der Waals surface area (Å²) < 4.78 is 42.2. The van der Waals surface area contributed by atoms with E-state index in [1.54, 1.807) is 0 Å². The smallest absolute Gasteiger partial charge is 0.380 e. The van der Waals surface area contributed by atoms with Crippen molar-refractivity contribution < 1.29 is 22.7 Å². The molecule has 0 unspecified atom stereocenters. The van der Waals surface area contributed by atoms with Crippen LogP contribution in [0.15, 0.2) is 24.3 Å². The number of hydrogen-bond acceptors (Lipinski definition) is 3. The van der Waals surface area contributed by atoms with E-state index in [1.165, 1.54) is 12.1 Å². The molecule has 0 saturated heterocycles. The molecule has 0 spiro atoms. The van der Waals surface area contributed by atoms with Gasteiger partial charge in [0.05, 0.1) is 12.2 Å². The summed E-state index contributed by atoms with van der Waals surface area (Å²) in [5.41, 5.74) is 4.77. The molecule has 21 heavy (non-hydrogen) atoms. The van der Waals surface area contributed by atoms with Gasteiger partial charge in [-0.3, -0.25) is 0 Å². The van der Waals surface area contributed by atoms with E-state index in [0.29, 0.717) is 38.4 Å². The van der Waals surface area contributed by atoms with Crippen LogP contribution in [0.2, 0.25) is 0 Å². The van der Waals surface area contributed by atoms with Crippen LogP contribution in [0, 0.1) is 0 Å². The maximum absolute atomic E-state index is 12.4. The molecule has 8 heteroatoms. The number of alkyl halides is 3. The molecule has 2 amide bonds. The van der Waals surface area contributed by atoms with Crippen molar-refractivity contribution in [1.29, 1.82) is 0 Å². The summed E-state index contributed by atoms with van der Waals surface area (Å²) in [4.78, 5) is 11.5. The van der Waals surface area contributed by atoms with Gasteiger partial charge in [0.2, 0.25) is 0 Å². The van der Waals surface area contributed by atoms with Gasteiger partial charge in [-0.15, -0.1) is 0 Å². The Bertz CT molecular complexity index is 435. The lowest BCUT2D eigenvalue weighted by molar-refractivity contribution is -0.137. The van der Waals surface area contributed by atoms with Crippen LogP contribution < -0.4 is 16.4 Å². The second-order valence-corrected chi connectivity index (χ2v) is 4.21. The van der Waals surface area contributed by atoms with Gasteiger partial charge in [0, 0.05) is 25.4 Å². The second kappa shape index (κ2) is 8.48. The highest BCUT2D eigenvalue weighted by atomic mass is 19.4. The molecular weight excluding hydrogens is 287 g/mol. The minimum Gasteiger partial charge on any atom is -0.380 e. The number of halogens is 3. The van der Waals surface area contributed by atoms with Crippen molar-refractivity contribution in [1.82, 2.24) is 5.32 Å². The Morgan fingerprint density at radius 3 is 2.43 bits per heavy atom. The highest BCUT2D eigenvalue weighted by Crippen LogP contribution is 2.29. The standard InChI is InChI=1S/C13H18F3N3O2/c14-13(15,16)10-2-4-11(5-3-10)19-12(20)18-7-1-8-21-9-6-17/h2-5H,1,6-9,17H2,(H2,18,19,20). The van der Waals surface area contributed by atoms with Crippen molar-refractivity contribution in [3.05, 3.63) is 29.8 Å². The molecule has 0 saturated carbocycles. The quantitative estimate of drug-likeness (QED) is 0.676. The van der Waals surface area contributed by atoms with Gasteiger partial charge in [-0.2, -0.15) is 13.2 Å². The Labute approximate surface area is 120 Å². The number of carbonyl (C=O) groups excluding carboxylic acids is 1. The Morgan fingerprint density at radius 1 is 1.19 bits per heavy atom. The molecule has 0 fully saturated rings. The molecule has 5 nitrogen and oxygen atoms in total. The van der Waals surface area contributed by atoms with Crippen LogP contribution in [0.5, 0.6) is 0 Å². The van der Waals surface area contributed by atoms with Gasteiger partial charge in [0.15, 0.2) is 0 Å². The molecule has 0 atom stereocenters. The van der Waals surface area contributed by atoms with E-state index < -0.39 is 17.8 Å². The van der Waals surface area contributed by atoms with E-state index in [4.69, 9.17) is 10.5 Å². The summed E-state index contributed by atoms with van der Waals surface area (Å²) in [5.74, 6) is 0. The Morgan fingerprint density at radius 2 is 1.86 bits per heavy atom. The minimum absolute atomic E-state index is 0.292. The number of hydrogen-bond donors (Lipinski definition) is 3. The van der Waals surface area contributed by atoms with Crippen LogP contribution in [-0.2, 0) is 10.9 Å². The topological polar surface area (TPSA) is 76.4 Å². The molecule has 0 aliphatic carbocycles. The van der Waals surface area contributed by atoms with Crippen LogP contribution in [0.1, 0.15) is 12.0 Å². The SMILES string of the molecule is NCCOCCCNC(=O)Nc1ccc(C(F)(F)F)cc1. The normalized spacial score (nSPS) is 11.2. The highest BCUT2D eigenvalue weighted by Gasteiger charge is 2.29. The molecule has 0 heterocycles.